The standard InChI is InChI=1S/C116H94N4S2Si/c1-115(2,3)94-61-45-83(46-62-94)81-37-41-89(42-38-81)92-59-76-110-108(79-92)109-80-93(90-43-39-82(40-44-90)84-47-63-95(64-48-84)116(4,5)6)60-77-111(109)120(110)98-69-53-91(54-70-98)107-75-78-112(114(118-121)113(107)117)119(96-65-49-85(50-66-96)87-55-71-102(72-56-87)122(99-25-13-7-14-26-99,100-27-15-8-16-28-100)101-29-17-9-18-30-101)97-67-51-86(52-68-97)88-57-73-106(74-58-88)123(103-31-19-10-20-32-103,104-33-21-11-22-34-104)105-35-23-12-24-36-105/h7-80,117,121H,1-6H3. The number of aromatic nitrogens is 1. The first-order chi connectivity index (χ1) is 60.1. The molecule has 4 nitrogen and oxygen atoms in total. The fourth-order valence-electron chi connectivity index (χ4n) is 18.1. The van der Waals surface area contributed by atoms with E-state index in [1.165, 1.54) is 73.7 Å². The summed E-state index contributed by atoms with van der Waals surface area (Å²) in [6.07, 6.45) is 4.18. The molecule has 1 aromatic heterocycles. The van der Waals surface area contributed by atoms with Crippen molar-refractivity contribution in [3.8, 4) is 72.4 Å². The van der Waals surface area contributed by atoms with Gasteiger partial charge in [-0.3, -0.25) is 5.41 Å². The second-order valence-corrected chi connectivity index (χ2v) is 41.2. The number of benzene rings is 17. The van der Waals surface area contributed by atoms with E-state index in [-0.39, 0.29) is 16.5 Å². The van der Waals surface area contributed by atoms with Crippen LogP contribution in [0.1, 0.15) is 58.2 Å². The van der Waals surface area contributed by atoms with Gasteiger partial charge in [-0.05, 0) is 249 Å². The van der Waals surface area contributed by atoms with Gasteiger partial charge >= 0.3 is 0 Å². The fourth-order valence-corrected chi connectivity index (χ4v) is 27.0. The van der Waals surface area contributed by atoms with Crippen LogP contribution in [0.15, 0.2) is 479 Å². The third kappa shape index (κ3) is 15.0. The molecule has 0 spiro atoms. The summed E-state index contributed by atoms with van der Waals surface area (Å²) in [7, 11) is -4.63. The molecule has 18 aromatic rings. The van der Waals surface area contributed by atoms with Gasteiger partial charge in [-0.15, -0.1) is 10.0 Å². The monoisotopic (exact) mass is 1630 g/mol. The Hall–Kier alpha value is -13.9. The molecule has 594 valence electrons. The van der Waals surface area contributed by atoms with Crippen LogP contribution in [-0.2, 0) is 10.8 Å². The molecule has 17 aromatic carbocycles. The maximum Gasteiger partial charge on any atom is 0.179 e. The first-order valence-corrected chi connectivity index (χ1v) is 46.4. The first kappa shape index (κ1) is 78.9. The summed E-state index contributed by atoms with van der Waals surface area (Å²) in [4.78, 5) is 7.32. The molecule has 0 saturated heterocycles. The second-order valence-electron chi connectivity index (χ2n) is 34.0. The lowest BCUT2D eigenvalue weighted by molar-refractivity contribution is 0.590. The molecule has 1 N–H and O–H groups in total. The number of rotatable bonds is 19. The third-order valence-electron chi connectivity index (χ3n) is 24.7. The largest absolute Gasteiger partial charge is 0.309 e. The van der Waals surface area contributed by atoms with Crippen LogP contribution in [0.3, 0.4) is 0 Å². The van der Waals surface area contributed by atoms with Crippen molar-refractivity contribution >= 4 is 102 Å². The lowest BCUT2D eigenvalue weighted by Crippen LogP contribution is -2.74. The quantitative estimate of drug-likeness (QED) is 0.0360. The van der Waals surface area contributed by atoms with E-state index in [2.05, 4.69) is 500 Å². The van der Waals surface area contributed by atoms with Gasteiger partial charge in [0.1, 0.15) is 5.71 Å². The third-order valence-corrected chi connectivity index (χ3v) is 33.6. The van der Waals surface area contributed by atoms with Crippen molar-refractivity contribution in [3.05, 3.63) is 471 Å². The predicted octanol–water partition coefficient (Wildman–Crippen LogP) is 28.5. The SMILES string of the molecule is CC(C)(C)c1ccc(-c2ccc(-c3ccc4c(c3)c3cc(-c5ccc(-c6ccc(C(C)(C)C)cc6)cc5)ccc3n4-c3ccc(C4=CC=C(N(c5ccc(-c6ccc([Si](c7ccccc7)(c7ccccc7)c7ccccc7)cc6)cc5)c5ccc(-c6ccc(S(c7ccccc7)(c7ccccc7)c7ccccc7)cc6)cc5)C(=NS)C4=N)cc3)cc2)cc1. The minimum absolute atomic E-state index is 0.0837. The van der Waals surface area contributed by atoms with Crippen molar-refractivity contribution in [2.24, 2.45) is 4.40 Å². The zero-order chi connectivity index (χ0) is 83.8. The van der Waals surface area contributed by atoms with Crippen molar-refractivity contribution in [2.75, 3.05) is 4.90 Å². The van der Waals surface area contributed by atoms with Gasteiger partial charge < -0.3 is 9.47 Å². The normalized spacial score (nSPS) is 13.1. The Kier molecular flexibility index (Phi) is 21.3. The fraction of sp³-hybridized carbons (Fsp3) is 0.0690. The molecule has 1 aliphatic rings. The van der Waals surface area contributed by atoms with Crippen molar-refractivity contribution in [2.45, 2.75) is 72.0 Å². The number of nitrogens with one attached hydrogen (secondary N) is 1. The van der Waals surface area contributed by atoms with Gasteiger partial charge in [0, 0.05) is 53.0 Å². The average Bonchev–Trinajstić information content (AvgIpc) is 1.55. The van der Waals surface area contributed by atoms with Crippen LogP contribution in [-0.4, -0.2) is 24.1 Å². The van der Waals surface area contributed by atoms with E-state index in [1.54, 1.807) is 0 Å². The molecule has 1 heterocycles. The minimum Gasteiger partial charge on any atom is -0.309 e. The zero-order valence-corrected chi connectivity index (χ0v) is 72.6. The smallest absolute Gasteiger partial charge is 0.179 e. The molecule has 0 saturated carbocycles. The van der Waals surface area contributed by atoms with E-state index >= 15 is 0 Å². The molecule has 1 aliphatic carbocycles. The summed E-state index contributed by atoms with van der Waals surface area (Å²) in [5.41, 5.74) is 24.7. The summed E-state index contributed by atoms with van der Waals surface area (Å²) in [6.45, 7) is 13.6. The topological polar surface area (TPSA) is 44.4 Å². The molecule has 0 radical (unpaired) electrons. The Bertz CT molecular complexity index is 6380. The minimum atomic E-state index is -2.75. The van der Waals surface area contributed by atoms with E-state index in [0.29, 0.717) is 5.71 Å². The molecule has 0 amide bonds. The van der Waals surface area contributed by atoms with E-state index in [1.807, 2.05) is 0 Å². The van der Waals surface area contributed by atoms with Crippen LogP contribution in [0, 0.1) is 5.41 Å². The van der Waals surface area contributed by atoms with E-state index in [9.17, 15) is 5.41 Å². The van der Waals surface area contributed by atoms with E-state index in [4.69, 9.17) is 17.2 Å². The number of allylic oxidation sites excluding steroid dienone is 4. The molecule has 19 rings (SSSR count). The molecule has 0 aliphatic heterocycles. The number of hydrogen-bond donors (Lipinski definition) is 2. The van der Waals surface area contributed by atoms with Crippen LogP contribution >= 0.6 is 22.8 Å². The number of hydrogen-bond acceptors (Lipinski definition) is 4. The van der Waals surface area contributed by atoms with Gasteiger partial charge in [0.2, 0.25) is 0 Å². The van der Waals surface area contributed by atoms with Gasteiger partial charge in [0.15, 0.2) is 8.07 Å². The van der Waals surface area contributed by atoms with E-state index < -0.39 is 18.1 Å². The van der Waals surface area contributed by atoms with Crippen molar-refractivity contribution in [1.82, 2.24) is 4.57 Å². The van der Waals surface area contributed by atoms with Gasteiger partial charge in [-0.2, -0.15) is 0 Å². The Labute approximate surface area is 731 Å². The van der Waals surface area contributed by atoms with Crippen LogP contribution < -0.4 is 25.6 Å². The highest BCUT2D eigenvalue weighted by atomic mass is 32.3. The summed E-state index contributed by atoms with van der Waals surface area (Å²) in [5.74, 6) is 0. The highest BCUT2D eigenvalue weighted by Crippen LogP contribution is 2.73. The Balaban J connectivity index is 0.680. The molecule has 0 unspecified atom stereocenters. The first-order valence-electron chi connectivity index (χ1n) is 42.3. The van der Waals surface area contributed by atoms with Crippen LogP contribution in [0.5, 0.6) is 0 Å². The molecule has 7 heteroatoms. The summed E-state index contributed by atoms with van der Waals surface area (Å²) in [6, 6.07) is 161. The lowest BCUT2D eigenvalue weighted by Gasteiger charge is -2.42. The maximum atomic E-state index is 10.3. The molecule has 0 atom stereocenters. The van der Waals surface area contributed by atoms with Crippen molar-refractivity contribution in [1.29, 1.82) is 5.41 Å². The van der Waals surface area contributed by atoms with Gasteiger partial charge in [-0.1, -0.05) is 369 Å². The van der Waals surface area contributed by atoms with Gasteiger partial charge in [0.25, 0.3) is 0 Å². The molecular weight excluding hydrogens is 1540 g/mol. The highest BCUT2D eigenvalue weighted by molar-refractivity contribution is 8.34. The van der Waals surface area contributed by atoms with Crippen LogP contribution in [0.4, 0.5) is 11.4 Å². The predicted molar refractivity (Wildman–Crippen MR) is 530 cm³/mol. The summed E-state index contributed by atoms with van der Waals surface area (Å²) < 4.78 is 7.14. The number of nitrogens with zero attached hydrogens (tertiary/aromatic N) is 3. The van der Waals surface area contributed by atoms with Gasteiger partial charge in [-0.25, -0.2) is 4.40 Å². The highest BCUT2D eigenvalue weighted by Gasteiger charge is 2.42. The average molecular weight is 1640 g/mol. The van der Waals surface area contributed by atoms with E-state index in [0.717, 1.165) is 100 Å². The number of fused-ring (bicyclic) bond motifs is 3. The Morgan fingerprint density at radius 2 is 0.569 bits per heavy atom. The van der Waals surface area contributed by atoms with Crippen LogP contribution in [0.2, 0.25) is 0 Å². The van der Waals surface area contributed by atoms with Crippen molar-refractivity contribution < 1.29 is 0 Å². The number of anilines is 2. The second kappa shape index (κ2) is 33.2. The molecule has 0 fully saturated rings. The number of thiol groups is 1. The maximum absolute atomic E-state index is 10.3. The zero-order valence-electron chi connectivity index (χ0n) is 69.9. The van der Waals surface area contributed by atoms with Crippen molar-refractivity contribution in [3.63, 3.8) is 0 Å². The van der Waals surface area contributed by atoms with Crippen LogP contribution in [0.25, 0.3) is 99.8 Å². The van der Waals surface area contributed by atoms with Gasteiger partial charge in [0.05, 0.1) is 22.4 Å². The molecule has 123 heavy (non-hydrogen) atoms. The summed E-state index contributed by atoms with van der Waals surface area (Å²) >= 11 is 4.78. The Morgan fingerprint density at radius 1 is 0.293 bits per heavy atom. The molecular formula is C116H94N4S2Si. The summed E-state index contributed by atoms with van der Waals surface area (Å²) in [5, 5.41) is 17.9. The lowest BCUT2D eigenvalue weighted by atomic mass is 9.86. The Morgan fingerprint density at radius 3 is 0.911 bits per heavy atom. The molecule has 0 bridgehead atoms.